The van der Waals surface area contributed by atoms with E-state index in [-0.39, 0.29) is 17.9 Å². The number of aliphatic carboxylic acids is 1. The van der Waals surface area contributed by atoms with Gasteiger partial charge in [0.2, 0.25) is 5.91 Å². The number of nitrogens with one attached hydrogen (secondary N) is 1. The van der Waals surface area contributed by atoms with Gasteiger partial charge in [0.25, 0.3) is 0 Å². The van der Waals surface area contributed by atoms with Crippen LogP contribution in [0.15, 0.2) is 18.2 Å². The quantitative estimate of drug-likeness (QED) is 0.826. The van der Waals surface area contributed by atoms with Gasteiger partial charge in [-0.25, -0.2) is 0 Å². The summed E-state index contributed by atoms with van der Waals surface area (Å²) in [6.45, 7) is 0. The third-order valence-corrected chi connectivity index (χ3v) is 5.65. The van der Waals surface area contributed by atoms with Crippen molar-refractivity contribution in [2.45, 2.75) is 50.0 Å². The molecule has 0 heterocycles. The molecule has 1 amide bonds. The summed E-state index contributed by atoms with van der Waals surface area (Å²) in [5, 5.41) is 12.1. The molecule has 2 N–H and O–H groups in total. The maximum atomic E-state index is 13.1. The van der Waals surface area contributed by atoms with E-state index in [2.05, 4.69) is 5.32 Å². The molecule has 6 heteroatoms. The number of benzene rings is 1. The van der Waals surface area contributed by atoms with Crippen molar-refractivity contribution in [1.82, 2.24) is 5.32 Å². The van der Waals surface area contributed by atoms with Crippen LogP contribution >= 0.6 is 0 Å². The molecule has 0 bridgehead atoms. The molecule has 0 unspecified atom stereocenters. The molecule has 25 heavy (non-hydrogen) atoms. The highest BCUT2D eigenvalue weighted by Gasteiger charge is 2.45. The first-order valence-corrected chi connectivity index (χ1v) is 8.76. The molecule has 136 valence electrons. The number of hydrogen-bond donors (Lipinski definition) is 2. The second-order valence-electron chi connectivity index (χ2n) is 7.04. The average molecular weight is 347 g/mol. The Labute approximate surface area is 147 Å². The summed E-state index contributed by atoms with van der Waals surface area (Å²) in [6, 6.07) is 5.63. The third-order valence-electron chi connectivity index (χ3n) is 5.65. The molecule has 1 aromatic rings. The highest BCUT2D eigenvalue weighted by Crippen LogP contribution is 2.44. The minimum atomic E-state index is -0.777. The Balaban J connectivity index is 1.80. The van der Waals surface area contributed by atoms with Gasteiger partial charge in [-0.15, -0.1) is 0 Å². The fourth-order valence-electron chi connectivity index (χ4n) is 4.02. The molecular weight excluding hydrogens is 322 g/mol. The molecule has 3 rings (SSSR count). The minimum absolute atomic E-state index is 0.00561. The van der Waals surface area contributed by atoms with Crippen molar-refractivity contribution in [2.75, 3.05) is 14.2 Å². The lowest BCUT2D eigenvalue weighted by molar-refractivity contribution is -0.146. The van der Waals surface area contributed by atoms with Crippen LogP contribution in [0.5, 0.6) is 11.5 Å². The van der Waals surface area contributed by atoms with Crippen molar-refractivity contribution < 1.29 is 24.2 Å². The van der Waals surface area contributed by atoms with E-state index < -0.39 is 11.4 Å². The molecule has 2 aliphatic carbocycles. The average Bonchev–Trinajstić information content (AvgIpc) is 3.07. The summed E-state index contributed by atoms with van der Waals surface area (Å²) < 4.78 is 10.7. The molecule has 0 saturated heterocycles. The Hall–Kier alpha value is -2.24. The number of carboxylic acids is 1. The Bertz CT molecular complexity index is 660. The van der Waals surface area contributed by atoms with Gasteiger partial charge in [0.1, 0.15) is 0 Å². The Kier molecular flexibility index (Phi) is 4.88. The van der Waals surface area contributed by atoms with Crippen LogP contribution in [0, 0.1) is 5.92 Å². The maximum Gasteiger partial charge on any atom is 0.306 e. The molecule has 0 aliphatic heterocycles. The zero-order valence-electron chi connectivity index (χ0n) is 14.7. The van der Waals surface area contributed by atoms with Crippen LogP contribution in [-0.4, -0.2) is 37.2 Å². The first-order valence-electron chi connectivity index (χ1n) is 8.76. The summed E-state index contributed by atoms with van der Waals surface area (Å²) in [6.07, 6.45) is 4.63. The lowest BCUT2D eigenvalue weighted by atomic mass is 9.75. The molecule has 2 saturated carbocycles. The number of carbonyl (C=O) groups is 2. The third kappa shape index (κ3) is 3.17. The van der Waals surface area contributed by atoms with E-state index in [1.807, 2.05) is 18.2 Å². The van der Waals surface area contributed by atoms with E-state index in [1.165, 1.54) is 0 Å². The van der Waals surface area contributed by atoms with E-state index in [1.54, 1.807) is 14.2 Å². The number of methoxy groups -OCH3 is 2. The maximum absolute atomic E-state index is 13.1. The van der Waals surface area contributed by atoms with Crippen LogP contribution < -0.4 is 14.8 Å². The lowest BCUT2D eigenvalue weighted by Gasteiger charge is -2.37. The smallest absolute Gasteiger partial charge is 0.306 e. The number of rotatable bonds is 6. The second-order valence-corrected chi connectivity index (χ2v) is 7.04. The first-order chi connectivity index (χ1) is 12.0. The molecule has 1 aromatic carbocycles. The highest BCUT2D eigenvalue weighted by atomic mass is 16.5. The minimum Gasteiger partial charge on any atom is -0.493 e. The molecule has 0 atom stereocenters. The topological polar surface area (TPSA) is 84.9 Å². The van der Waals surface area contributed by atoms with E-state index >= 15 is 0 Å². The summed E-state index contributed by atoms with van der Waals surface area (Å²) in [4.78, 5) is 24.0. The predicted octanol–water partition coefficient (Wildman–Crippen LogP) is 2.50. The monoisotopic (exact) mass is 347 g/mol. The van der Waals surface area contributed by atoms with Crippen molar-refractivity contribution in [3.8, 4) is 11.5 Å². The number of amides is 1. The van der Waals surface area contributed by atoms with Crippen molar-refractivity contribution in [3.63, 3.8) is 0 Å². The van der Waals surface area contributed by atoms with Gasteiger partial charge in [-0.1, -0.05) is 18.9 Å². The number of hydrogen-bond acceptors (Lipinski definition) is 4. The zero-order chi connectivity index (χ0) is 18.0. The van der Waals surface area contributed by atoms with Crippen molar-refractivity contribution in [1.29, 1.82) is 0 Å². The molecule has 6 nitrogen and oxygen atoms in total. The van der Waals surface area contributed by atoms with E-state index in [9.17, 15) is 9.59 Å². The van der Waals surface area contributed by atoms with Crippen LogP contribution in [0.1, 0.15) is 44.1 Å². The summed E-state index contributed by atoms with van der Waals surface area (Å²) in [5.41, 5.74) is 0.377. The van der Waals surface area contributed by atoms with Crippen LogP contribution in [0.3, 0.4) is 0 Å². The molecule has 2 fully saturated rings. The largest absolute Gasteiger partial charge is 0.493 e. The molecule has 0 aromatic heterocycles. The molecular formula is C19H25NO5. The van der Waals surface area contributed by atoms with Gasteiger partial charge >= 0.3 is 5.97 Å². The van der Waals surface area contributed by atoms with Crippen LogP contribution in [-0.2, 0) is 15.0 Å². The fraction of sp³-hybridized carbons (Fsp3) is 0.579. The molecule has 0 spiro atoms. The normalized spacial score (nSPS) is 24.2. The van der Waals surface area contributed by atoms with Gasteiger partial charge < -0.3 is 19.9 Å². The molecule has 2 aliphatic rings. The van der Waals surface area contributed by atoms with Gasteiger partial charge in [-0.2, -0.15) is 0 Å². The van der Waals surface area contributed by atoms with Gasteiger partial charge in [0.05, 0.1) is 25.6 Å². The summed E-state index contributed by atoms with van der Waals surface area (Å²) in [5.74, 6) is 0.162. The zero-order valence-corrected chi connectivity index (χ0v) is 14.7. The van der Waals surface area contributed by atoms with Gasteiger partial charge in [-0.3, -0.25) is 9.59 Å². The Morgan fingerprint density at radius 1 is 1.12 bits per heavy atom. The first kappa shape index (κ1) is 17.6. The Morgan fingerprint density at radius 2 is 1.76 bits per heavy atom. The van der Waals surface area contributed by atoms with Crippen LogP contribution in [0.25, 0.3) is 0 Å². The summed E-state index contributed by atoms with van der Waals surface area (Å²) in [7, 11) is 3.18. The van der Waals surface area contributed by atoms with Crippen molar-refractivity contribution in [2.24, 2.45) is 5.92 Å². The predicted molar refractivity (Wildman–Crippen MR) is 92.0 cm³/mol. The van der Waals surface area contributed by atoms with Gasteiger partial charge in [-0.05, 0) is 43.4 Å². The fourth-order valence-corrected chi connectivity index (χ4v) is 4.02. The number of carboxylic acid groups (broad SMARTS) is 1. The van der Waals surface area contributed by atoms with E-state index in [0.717, 1.165) is 31.2 Å². The van der Waals surface area contributed by atoms with E-state index in [0.29, 0.717) is 24.3 Å². The SMILES string of the molecule is COc1ccc(C2(C(=O)NC3CC(C(=O)O)C3)CCCC2)cc1OC. The standard InChI is InChI=1S/C19H25NO5/c1-24-15-6-5-13(11-16(15)25-2)19(7-3-4-8-19)18(23)20-14-9-12(10-14)17(21)22/h5-6,11-12,14H,3-4,7-10H2,1-2H3,(H,20,23)(H,21,22). The molecule has 0 radical (unpaired) electrons. The second kappa shape index (κ2) is 6.94. The highest BCUT2D eigenvalue weighted by molar-refractivity contribution is 5.89. The van der Waals surface area contributed by atoms with Crippen LogP contribution in [0.4, 0.5) is 0 Å². The number of ether oxygens (including phenoxy) is 2. The van der Waals surface area contributed by atoms with Crippen LogP contribution in [0.2, 0.25) is 0 Å². The number of carbonyl (C=O) groups excluding carboxylic acids is 1. The van der Waals surface area contributed by atoms with Crippen molar-refractivity contribution in [3.05, 3.63) is 23.8 Å². The summed E-state index contributed by atoms with van der Waals surface area (Å²) >= 11 is 0. The van der Waals surface area contributed by atoms with E-state index in [4.69, 9.17) is 14.6 Å². The Morgan fingerprint density at radius 3 is 2.32 bits per heavy atom. The van der Waals surface area contributed by atoms with Gasteiger partial charge in [0.15, 0.2) is 11.5 Å². The van der Waals surface area contributed by atoms with Crippen molar-refractivity contribution >= 4 is 11.9 Å². The van der Waals surface area contributed by atoms with Gasteiger partial charge in [0, 0.05) is 6.04 Å². The lowest BCUT2D eigenvalue weighted by Crippen LogP contribution is -2.52.